The average Bonchev–Trinajstić information content (AvgIpc) is 2.58. The Morgan fingerprint density at radius 1 is 1.33 bits per heavy atom. The number of nitrogens with one attached hydrogen (secondary N) is 2. The van der Waals surface area contributed by atoms with Gasteiger partial charge in [-0.15, -0.1) is 0 Å². The number of hydrogen-bond donors (Lipinski definition) is 2. The summed E-state index contributed by atoms with van der Waals surface area (Å²) < 4.78 is 0. The van der Waals surface area contributed by atoms with Gasteiger partial charge in [0, 0.05) is 18.8 Å². The summed E-state index contributed by atoms with van der Waals surface area (Å²) in [6, 6.07) is 0. The Morgan fingerprint density at radius 2 is 2.27 bits per heavy atom. The van der Waals surface area contributed by atoms with Gasteiger partial charge in [-0.2, -0.15) is 0 Å². The Morgan fingerprint density at radius 3 is 3.07 bits per heavy atom. The van der Waals surface area contributed by atoms with Crippen LogP contribution in [0.1, 0.15) is 12.8 Å². The zero-order valence-electron chi connectivity index (χ0n) is 8.45. The van der Waals surface area contributed by atoms with Crippen molar-refractivity contribution >= 4 is 28.7 Å². The first-order valence-electron chi connectivity index (χ1n) is 5.13. The number of carbonyl (C=O) groups excluding carboxylic acids is 1. The summed E-state index contributed by atoms with van der Waals surface area (Å²) in [5.41, 5.74) is 0. The normalized spacial score (nSPS) is 21.1. The van der Waals surface area contributed by atoms with Crippen LogP contribution in [0.2, 0.25) is 0 Å². The molecule has 2 aliphatic rings. The fourth-order valence-corrected chi connectivity index (χ4v) is 2.13. The van der Waals surface area contributed by atoms with E-state index in [9.17, 15) is 4.79 Å². The summed E-state index contributed by atoms with van der Waals surface area (Å²) in [6.07, 6.45) is 2.11. The van der Waals surface area contributed by atoms with Gasteiger partial charge in [-0.1, -0.05) is 11.8 Å². The van der Waals surface area contributed by atoms with Crippen molar-refractivity contribution in [2.75, 3.05) is 25.4 Å². The highest BCUT2D eigenvalue weighted by Gasteiger charge is 2.16. The van der Waals surface area contributed by atoms with E-state index >= 15 is 0 Å². The van der Waals surface area contributed by atoms with E-state index < -0.39 is 0 Å². The van der Waals surface area contributed by atoms with E-state index in [1.54, 1.807) is 11.8 Å². The molecule has 0 spiro atoms. The minimum Gasteiger partial charge on any atom is -0.366 e. The molecule has 6 heteroatoms. The number of thioether (sulfide) groups is 1. The average molecular weight is 226 g/mol. The molecule has 15 heavy (non-hydrogen) atoms. The molecular weight excluding hydrogens is 212 g/mol. The molecule has 1 amide bonds. The van der Waals surface area contributed by atoms with E-state index in [0.717, 1.165) is 38.2 Å². The molecule has 2 heterocycles. The van der Waals surface area contributed by atoms with E-state index in [4.69, 9.17) is 0 Å². The Balaban J connectivity index is 1.91. The van der Waals surface area contributed by atoms with Crippen molar-refractivity contribution in [2.45, 2.75) is 12.8 Å². The third kappa shape index (κ3) is 2.95. The molecule has 2 aliphatic heterocycles. The third-order valence-electron chi connectivity index (χ3n) is 2.17. The lowest BCUT2D eigenvalue weighted by Gasteiger charge is -2.06. The topological polar surface area (TPSA) is 65.8 Å². The van der Waals surface area contributed by atoms with Gasteiger partial charge in [-0.05, 0) is 12.8 Å². The second kappa shape index (κ2) is 5.16. The number of hydrogen-bond acceptors (Lipinski definition) is 5. The molecule has 0 fully saturated rings. The predicted molar refractivity (Wildman–Crippen MR) is 62.4 cm³/mol. The molecule has 2 rings (SSSR count). The lowest BCUT2D eigenvalue weighted by molar-refractivity contribution is -0.113. The summed E-state index contributed by atoms with van der Waals surface area (Å²) in [5.74, 6) is 1.24. The van der Waals surface area contributed by atoms with Crippen molar-refractivity contribution in [3.63, 3.8) is 0 Å². The standard InChI is InChI=1S/C9H14N4OS/c14-8(13-9-12-5-6-15-9)7-10-3-1-2-4-11-7/h1-6H2,(H,10,11)(H,12,13,14). The van der Waals surface area contributed by atoms with Crippen molar-refractivity contribution < 1.29 is 4.79 Å². The maximum atomic E-state index is 11.7. The van der Waals surface area contributed by atoms with Crippen molar-refractivity contribution in [3.05, 3.63) is 0 Å². The summed E-state index contributed by atoms with van der Waals surface area (Å²) in [5, 5.41) is 6.50. The SMILES string of the molecule is O=C(NC1=NCCS1)C1=NCCCCN1. The van der Waals surface area contributed by atoms with Gasteiger partial charge in [0.25, 0.3) is 5.91 Å². The summed E-state index contributed by atoms with van der Waals surface area (Å²) in [6.45, 7) is 2.35. The van der Waals surface area contributed by atoms with Crippen LogP contribution in [-0.4, -0.2) is 42.3 Å². The molecule has 82 valence electrons. The first-order chi connectivity index (χ1) is 7.36. The largest absolute Gasteiger partial charge is 0.366 e. The summed E-state index contributed by atoms with van der Waals surface area (Å²) in [4.78, 5) is 20.1. The van der Waals surface area contributed by atoms with Crippen molar-refractivity contribution in [2.24, 2.45) is 9.98 Å². The number of amidine groups is 2. The van der Waals surface area contributed by atoms with Gasteiger partial charge in [-0.25, -0.2) is 0 Å². The molecule has 5 nitrogen and oxygen atoms in total. The molecule has 0 radical (unpaired) electrons. The van der Waals surface area contributed by atoms with Crippen LogP contribution in [0.15, 0.2) is 9.98 Å². The molecule has 0 bridgehead atoms. The molecule has 2 N–H and O–H groups in total. The first kappa shape index (κ1) is 10.5. The highest BCUT2D eigenvalue weighted by molar-refractivity contribution is 8.14. The van der Waals surface area contributed by atoms with E-state index in [0.29, 0.717) is 11.0 Å². The molecule has 0 unspecified atom stereocenters. The van der Waals surface area contributed by atoms with Crippen LogP contribution in [0.5, 0.6) is 0 Å². The molecule has 0 saturated heterocycles. The Hall–Kier alpha value is -1.04. The molecule has 0 aromatic rings. The van der Waals surface area contributed by atoms with Crippen LogP contribution in [-0.2, 0) is 4.79 Å². The van der Waals surface area contributed by atoms with Gasteiger partial charge in [0.15, 0.2) is 11.0 Å². The van der Waals surface area contributed by atoms with Crippen LogP contribution < -0.4 is 10.6 Å². The molecule has 0 aliphatic carbocycles. The van der Waals surface area contributed by atoms with E-state index in [-0.39, 0.29) is 5.91 Å². The minimum absolute atomic E-state index is 0.162. The highest BCUT2D eigenvalue weighted by Crippen LogP contribution is 2.08. The van der Waals surface area contributed by atoms with Gasteiger partial charge in [0.05, 0.1) is 6.54 Å². The molecule has 0 aromatic heterocycles. The predicted octanol–water partition coefficient (Wildman–Crippen LogP) is -0.0127. The van der Waals surface area contributed by atoms with Crippen LogP contribution in [0.25, 0.3) is 0 Å². The van der Waals surface area contributed by atoms with Crippen LogP contribution in [0, 0.1) is 0 Å². The second-order valence-electron chi connectivity index (χ2n) is 3.35. The Kier molecular flexibility index (Phi) is 3.60. The zero-order chi connectivity index (χ0) is 10.5. The van der Waals surface area contributed by atoms with Gasteiger partial charge >= 0.3 is 0 Å². The van der Waals surface area contributed by atoms with Gasteiger partial charge in [-0.3, -0.25) is 20.1 Å². The minimum atomic E-state index is -0.162. The lowest BCUT2D eigenvalue weighted by Crippen LogP contribution is -2.41. The number of nitrogens with zero attached hydrogens (tertiary/aromatic N) is 2. The van der Waals surface area contributed by atoms with Gasteiger partial charge < -0.3 is 5.32 Å². The quantitative estimate of drug-likeness (QED) is 0.661. The Labute approximate surface area is 92.8 Å². The fourth-order valence-electron chi connectivity index (χ4n) is 1.41. The van der Waals surface area contributed by atoms with E-state index in [1.807, 2.05) is 0 Å². The van der Waals surface area contributed by atoms with E-state index in [2.05, 4.69) is 20.6 Å². The third-order valence-corrected chi connectivity index (χ3v) is 3.06. The van der Waals surface area contributed by atoms with Crippen molar-refractivity contribution in [1.29, 1.82) is 0 Å². The monoisotopic (exact) mass is 226 g/mol. The summed E-state index contributed by atoms with van der Waals surface area (Å²) in [7, 11) is 0. The lowest BCUT2D eigenvalue weighted by atomic mass is 10.3. The smallest absolute Gasteiger partial charge is 0.292 e. The number of rotatable bonds is 1. The maximum absolute atomic E-state index is 11.7. The molecule has 0 aromatic carbocycles. The van der Waals surface area contributed by atoms with Crippen molar-refractivity contribution in [3.8, 4) is 0 Å². The molecule has 0 saturated carbocycles. The van der Waals surface area contributed by atoms with Crippen LogP contribution >= 0.6 is 11.8 Å². The molecule has 0 atom stereocenters. The number of aliphatic imine (C=N–C) groups is 2. The Bertz CT molecular complexity index is 313. The van der Waals surface area contributed by atoms with E-state index in [1.165, 1.54) is 0 Å². The first-order valence-corrected chi connectivity index (χ1v) is 6.12. The van der Waals surface area contributed by atoms with Crippen LogP contribution in [0.4, 0.5) is 0 Å². The second-order valence-corrected chi connectivity index (χ2v) is 4.44. The summed E-state index contributed by atoms with van der Waals surface area (Å²) >= 11 is 1.58. The highest BCUT2D eigenvalue weighted by atomic mass is 32.2. The van der Waals surface area contributed by atoms with Gasteiger partial charge in [0.2, 0.25) is 0 Å². The maximum Gasteiger partial charge on any atom is 0.292 e. The molecular formula is C9H14N4OS. The van der Waals surface area contributed by atoms with Crippen molar-refractivity contribution in [1.82, 2.24) is 10.6 Å². The van der Waals surface area contributed by atoms with Gasteiger partial charge in [0.1, 0.15) is 0 Å². The number of carbonyl (C=O) groups is 1. The zero-order valence-corrected chi connectivity index (χ0v) is 9.27. The van der Waals surface area contributed by atoms with Crippen LogP contribution in [0.3, 0.4) is 0 Å². The number of amides is 1. The fraction of sp³-hybridized carbons (Fsp3) is 0.667.